The van der Waals surface area contributed by atoms with Crippen molar-refractivity contribution in [3.8, 4) is 5.75 Å². The minimum absolute atomic E-state index is 0.0225. The number of thioether (sulfide) groups is 1. The van der Waals surface area contributed by atoms with E-state index < -0.39 is 0 Å². The topological polar surface area (TPSA) is 95.3 Å². The molecule has 5 rings (SSSR count). The first-order valence-corrected chi connectivity index (χ1v) is 12.8. The van der Waals surface area contributed by atoms with Gasteiger partial charge in [0.25, 0.3) is 5.56 Å². The van der Waals surface area contributed by atoms with E-state index >= 15 is 0 Å². The van der Waals surface area contributed by atoms with Crippen molar-refractivity contribution in [1.29, 1.82) is 0 Å². The molecule has 1 N–H and O–H groups in total. The van der Waals surface area contributed by atoms with Gasteiger partial charge in [0.2, 0.25) is 5.91 Å². The zero-order valence-corrected chi connectivity index (χ0v) is 20.3. The second-order valence-corrected chi connectivity index (χ2v) is 9.94. The number of hydrogen-bond acceptors (Lipinski definition) is 8. The van der Waals surface area contributed by atoms with Gasteiger partial charge in [0.05, 0.1) is 31.0 Å². The molecule has 1 aromatic carbocycles. The Balaban J connectivity index is 1.38. The fraction of sp³-hybridized carbons (Fsp3) is 0.333. The number of nitrogens with zero attached hydrogens (tertiary/aromatic N) is 3. The molecule has 1 aliphatic heterocycles. The van der Waals surface area contributed by atoms with Gasteiger partial charge < -0.3 is 14.8 Å². The quantitative estimate of drug-likeness (QED) is 0.294. The highest BCUT2D eigenvalue weighted by molar-refractivity contribution is 7.99. The van der Waals surface area contributed by atoms with Crippen LogP contribution in [0, 0.1) is 0 Å². The van der Waals surface area contributed by atoms with Gasteiger partial charge in [-0.25, -0.2) is 9.97 Å². The molecule has 4 heterocycles. The van der Waals surface area contributed by atoms with Crippen LogP contribution in [-0.4, -0.2) is 46.0 Å². The maximum Gasteiger partial charge on any atom is 0.272 e. The first-order valence-electron chi connectivity index (χ1n) is 11.0. The third kappa shape index (κ3) is 4.79. The lowest BCUT2D eigenvalue weighted by Gasteiger charge is -2.15. The fourth-order valence-corrected chi connectivity index (χ4v) is 5.83. The molecule has 0 bridgehead atoms. The number of hydrogen-bond donors (Lipinski definition) is 1. The maximum atomic E-state index is 13.4. The van der Waals surface area contributed by atoms with Gasteiger partial charge >= 0.3 is 0 Å². The Morgan fingerprint density at radius 2 is 2.26 bits per heavy atom. The molecule has 10 heteroatoms. The highest BCUT2D eigenvalue weighted by Gasteiger charge is 2.22. The number of ether oxygens (including phenoxy) is 2. The van der Waals surface area contributed by atoms with Gasteiger partial charge in [-0.2, -0.15) is 0 Å². The molecule has 0 spiro atoms. The summed E-state index contributed by atoms with van der Waals surface area (Å²) in [5.74, 6) is 0.755. The summed E-state index contributed by atoms with van der Waals surface area (Å²) >= 11 is 2.62. The third-order valence-corrected chi connectivity index (χ3v) is 7.75. The minimum atomic E-state index is -0.136. The van der Waals surface area contributed by atoms with Crippen LogP contribution >= 0.6 is 23.1 Å². The molecule has 0 saturated carbocycles. The second kappa shape index (κ2) is 10.1. The zero-order chi connectivity index (χ0) is 23.5. The van der Waals surface area contributed by atoms with E-state index in [1.807, 2.05) is 36.4 Å². The van der Waals surface area contributed by atoms with Gasteiger partial charge in [0.15, 0.2) is 5.16 Å². The lowest BCUT2D eigenvalue weighted by Crippen LogP contribution is -2.29. The predicted molar refractivity (Wildman–Crippen MR) is 134 cm³/mol. The number of carbonyl (C=O) groups excluding carboxylic acids is 1. The Morgan fingerprint density at radius 1 is 1.35 bits per heavy atom. The van der Waals surface area contributed by atoms with Gasteiger partial charge in [0, 0.05) is 24.7 Å². The summed E-state index contributed by atoms with van der Waals surface area (Å²) in [5.41, 5.74) is 1.48. The highest BCUT2D eigenvalue weighted by atomic mass is 32.2. The second-order valence-electron chi connectivity index (χ2n) is 8.00. The monoisotopic (exact) mass is 496 g/mol. The summed E-state index contributed by atoms with van der Waals surface area (Å²) in [6.45, 7) is 1.53. The Kier molecular flexibility index (Phi) is 6.80. The Bertz CT molecular complexity index is 1400. The third-order valence-electron chi connectivity index (χ3n) is 5.68. The minimum Gasteiger partial charge on any atom is -0.497 e. The Morgan fingerprint density at radius 3 is 3.09 bits per heavy atom. The molecule has 3 aromatic heterocycles. The number of carbonyl (C=O) groups is 1. The fourth-order valence-electron chi connectivity index (χ4n) is 3.97. The normalized spacial score (nSPS) is 15.7. The molecule has 1 saturated heterocycles. The number of aromatic nitrogens is 3. The van der Waals surface area contributed by atoms with Crippen molar-refractivity contribution in [2.75, 3.05) is 19.5 Å². The van der Waals surface area contributed by atoms with E-state index in [0.29, 0.717) is 35.1 Å². The van der Waals surface area contributed by atoms with Crippen LogP contribution in [0.1, 0.15) is 18.4 Å². The summed E-state index contributed by atoms with van der Waals surface area (Å²) in [4.78, 5) is 36.0. The van der Waals surface area contributed by atoms with Crippen LogP contribution in [0.3, 0.4) is 0 Å². The number of fused-ring (bicyclic) bond motifs is 3. The zero-order valence-electron chi connectivity index (χ0n) is 18.7. The Hall–Kier alpha value is -2.95. The molecule has 176 valence electrons. The molecular formula is C24H24N4O4S2. The Labute approximate surface area is 204 Å². The number of benzene rings is 1. The summed E-state index contributed by atoms with van der Waals surface area (Å²) in [6.07, 6.45) is 3.58. The lowest BCUT2D eigenvalue weighted by atomic mass is 10.2. The average Bonchev–Trinajstić information content (AvgIpc) is 3.51. The molecule has 0 unspecified atom stereocenters. The summed E-state index contributed by atoms with van der Waals surface area (Å²) in [5, 5.41) is 4.30. The van der Waals surface area contributed by atoms with Crippen molar-refractivity contribution < 1.29 is 14.3 Å². The summed E-state index contributed by atoms with van der Waals surface area (Å²) < 4.78 is 13.3. The molecule has 34 heavy (non-hydrogen) atoms. The number of nitrogens with one attached hydrogen (secondary N) is 1. The highest BCUT2D eigenvalue weighted by Crippen LogP contribution is 2.31. The van der Waals surface area contributed by atoms with E-state index in [9.17, 15) is 9.59 Å². The average molecular weight is 497 g/mol. The van der Waals surface area contributed by atoms with E-state index in [1.54, 1.807) is 17.9 Å². The van der Waals surface area contributed by atoms with E-state index in [2.05, 4.69) is 10.3 Å². The standard InChI is InChI=1S/C24H24N4O4S2/c1-31-16-6-2-5-15(11-16)12-26-19(29)14-33-24-27-20-18-8-3-9-25-22(18)34-21(20)23(30)28(24)13-17-7-4-10-32-17/h2-3,5-6,8-9,11,17H,4,7,10,12-14H2,1H3,(H,26,29)/t17-/m0/s1. The van der Waals surface area contributed by atoms with Crippen molar-refractivity contribution in [1.82, 2.24) is 19.9 Å². The number of methoxy groups -OCH3 is 1. The molecule has 1 aliphatic rings. The van der Waals surface area contributed by atoms with Gasteiger partial charge in [0.1, 0.15) is 15.3 Å². The summed E-state index contributed by atoms with van der Waals surface area (Å²) in [6, 6.07) is 11.3. The van der Waals surface area contributed by atoms with Crippen LogP contribution in [-0.2, 0) is 22.6 Å². The molecule has 8 nitrogen and oxygen atoms in total. The van der Waals surface area contributed by atoms with Crippen molar-refractivity contribution in [2.45, 2.75) is 37.2 Å². The number of rotatable bonds is 8. The van der Waals surface area contributed by atoms with Crippen LogP contribution in [0.25, 0.3) is 20.4 Å². The first kappa shape index (κ1) is 22.8. The number of thiophene rings is 1. The molecule has 1 amide bonds. The SMILES string of the molecule is COc1cccc(CNC(=O)CSc2nc3c(sc4ncccc43)c(=O)n2C[C@@H]2CCCO2)c1. The van der Waals surface area contributed by atoms with Gasteiger partial charge in [-0.3, -0.25) is 14.2 Å². The maximum absolute atomic E-state index is 13.4. The first-order chi connectivity index (χ1) is 16.6. The van der Waals surface area contributed by atoms with Gasteiger partial charge in [-0.1, -0.05) is 23.9 Å². The van der Waals surface area contributed by atoms with Crippen LogP contribution in [0.4, 0.5) is 0 Å². The molecule has 1 atom stereocenters. The van der Waals surface area contributed by atoms with E-state index in [1.165, 1.54) is 23.1 Å². The van der Waals surface area contributed by atoms with E-state index in [0.717, 1.165) is 34.4 Å². The van der Waals surface area contributed by atoms with Crippen molar-refractivity contribution >= 4 is 49.4 Å². The molecule has 0 radical (unpaired) electrons. The lowest BCUT2D eigenvalue weighted by molar-refractivity contribution is -0.118. The van der Waals surface area contributed by atoms with Crippen LogP contribution in [0.2, 0.25) is 0 Å². The number of amides is 1. The molecule has 4 aromatic rings. The van der Waals surface area contributed by atoms with Crippen LogP contribution in [0.5, 0.6) is 5.75 Å². The number of pyridine rings is 1. The van der Waals surface area contributed by atoms with Gasteiger partial charge in [-0.15, -0.1) is 11.3 Å². The molecule has 1 fully saturated rings. The van der Waals surface area contributed by atoms with E-state index in [4.69, 9.17) is 14.5 Å². The smallest absolute Gasteiger partial charge is 0.272 e. The van der Waals surface area contributed by atoms with Gasteiger partial charge in [-0.05, 0) is 42.7 Å². The van der Waals surface area contributed by atoms with Crippen molar-refractivity contribution in [3.05, 3.63) is 58.5 Å². The van der Waals surface area contributed by atoms with E-state index in [-0.39, 0.29) is 23.3 Å². The van der Waals surface area contributed by atoms with Crippen LogP contribution in [0.15, 0.2) is 52.5 Å². The van der Waals surface area contributed by atoms with Crippen molar-refractivity contribution in [2.24, 2.45) is 0 Å². The molecular weight excluding hydrogens is 472 g/mol. The van der Waals surface area contributed by atoms with Crippen molar-refractivity contribution in [3.63, 3.8) is 0 Å². The van der Waals surface area contributed by atoms with Crippen LogP contribution < -0.4 is 15.6 Å². The summed E-state index contributed by atoms with van der Waals surface area (Å²) in [7, 11) is 1.61. The largest absolute Gasteiger partial charge is 0.497 e. The molecule has 0 aliphatic carbocycles. The predicted octanol–water partition coefficient (Wildman–Crippen LogP) is 3.60.